The zero-order valence-corrected chi connectivity index (χ0v) is 17.7. The average Bonchev–Trinajstić information content (AvgIpc) is 3.28. The minimum absolute atomic E-state index is 0.0396. The Labute approximate surface area is 181 Å². The number of rotatable bonds is 5. The number of hydrogen-bond donors (Lipinski definition) is 0. The van der Waals surface area contributed by atoms with Gasteiger partial charge in [0.25, 0.3) is 5.91 Å². The SMILES string of the molecule is O=C(c1cn(C[C@H]2COc3ccccc3O2)nn1)N1CCC(CN2CCOCC2)CC1. The van der Waals surface area contributed by atoms with Crippen molar-refractivity contribution in [3.8, 4) is 11.5 Å². The average molecular weight is 428 g/mol. The van der Waals surface area contributed by atoms with Gasteiger partial charge in [0.2, 0.25) is 0 Å². The van der Waals surface area contributed by atoms with Crippen LogP contribution in [0.15, 0.2) is 30.5 Å². The van der Waals surface area contributed by atoms with E-state index < -0.39 is 0 Å². The van der Waals surface area contributed by atoms with Gasteiger partial charge in [0.05, 0.1) is 26.0 Å². The monoisotopic (exact) mass is 427 g/mol. The standard InChI is InChI=1S/C22H29N5O4/c28-22(26-7-5-17(6-8-26)13-25-9-11-29-12-10-25)19-15-27(24-23-19)14-18-16-30-20-3-1-2-4-21(20)31-18/h1-4,15,17-18H,5-14,16H2/t18-/m0/s1. The molecule has 0 unspecified atom stereocenters. The van der Waals surface area contributed by atoms with Crippen LogP contribution in [0.3, 0.4) is 0 Å². The molecule has 1 atom stereocenters. The highest BCUT2D eigenvalue weighted by molar-refractivity contribution is 5.91. The number of aromatic nitrogens is 3. The quantitative estimate of drug-likeness (QED) is 0.711. The first kappa shape index (κ1) is 20.3. The maximum absolute atomic E-state index is 12.9. The molecule has 1 amide bonds. The Morgan fingerprint density at radius 2 is 1.81 bits per heavy atom. The van der Waals surface area contributed by atoms with E-state index >= 15 is 0 Å². The number of hydrogen-bond acceptors (Lipinski definition) is 7. The van der Waals surface area contributed by atoms with Crippen molar-refractivity contribution in [3.05, 3.63) is 36.2 Å². The van der Waals surface area contributed by atoms with Crippen LogP contribution in [-0.4, -0.2) is 89.3 Å². The molecule has 0 N–H and O–H groups in total. The molecule has 5 rings (SSSR count). The predicted molar refractivity (Wildman–Crippen MR) is 112 cm³/mol. The molecule has 2 saturated heterocycles. The van der Waals surface area contributed by atoms with Crippen molar-refractivity contribution < 1.29 is 19.0 Å². The second kappa shape index (κ2) is 9.23. The second-order valence-electron chi connectivity index (χ2n) is 8.47. The minimum Gasteiger partial charge on any atom is -0.486 e. The van der Waals surface area contributed by atoms with E-state index in [2.05, 4.69) is 15.2 Å². The number of likely N-dealkylation sites (tertiary alicyclic amines) is 1. The number of nitrogens with zero attached hydrogens (tertiary/aromatic N) is 5. The number of piperidine rings is 1. The Morgan fingerprint density at radius 1 is 1.03 bits per heavy atom. The van der Waals surface area contributed by atoms with Crippen LogP contribution in [-0.2, 0) is 11.3 Å². The van der Waals surface area contributed by atoms with E-state index in [1.54, 1.807) is 10.9 Å². The summed E-state index contributed by atoms with van der Waals surface area (Å²) in [7, 11) is 0. The Kier molecular flexibility index (Phi) is 6.04. The predicted octanol–water partition coefficient (Wildman–Crippen LogP) is 1.30. The zero-order chi connectivity index (χ0) is 21.0. The van der Waals surface area contributed by atoms with Crippen LogP contribution in [0.5, 0.6) is 11.5 Å². The van der Waals surface area contributed by atoms with Crippen molar-refractivity contribution >= 4 is 5.91 Å². The van der Waals surface area contributed by atoms with E-state index in [1.807, 2.05) is 29.2 Å². The zero-order valence-electron chi connectivity index (χ0n) is 17.7. The van der Waals surface area contributed by atoms with Crippen molar-refractivity contribution in [2.75, 3.05) is 52.5 Å². The summed E-state index contributed by atoms with van der Waals surface area (Å²) in [4.78, 5) is 17.3. The molecule has 4 heterocycles. The summed E-state index contributed by atoms with van der Waals surface area (Å²) < 4.78 is 18.8. The van der Waals surface area contributed by atoms with Gasteiger partial charge in [-0.3, -0.25) is 9.69 Å². The van der Waals surface area contributed by atoms with Crippen LogP contribution in [0.25, 0.3) is 0 Å². The summed E-state index contributed by atoms with van der Waals surface area (Å²) in [6.45, 7) is 7.28. The smallest absolute Gasteiger partial charge is 0.276 e. The molecule has 2 fully saturated rings. The molecule has 0 aliphatic carbocycles. The molecular formula is C22H29N5O4. The van der Waals surface area contributed by atoms with Gasteiger partial charge in [-0.2, -0.15) is 0 Å². The molecule has 166 valence electrons. The van der Waals surface area contributed by atoms with Crippen molar-refractivity contribution in [1.29, 1.82) is 0 Å². The van der Waals surface area contributed by atoms with Gasteiger partial charge in [-0.05, 0) is 30.9 Å². The number of carbonyl (C=O) groups excluding carboxylic acids is 1. The van der Waals surface area contributed by atoms with Gasteiger partial charge in [0.15, 0.2) is 23.3 Å². The fraction of sp³-hybridized carbons (Fsp3) is 0.591. The topological polar surface area (TPSA) is 82.0 Å². The Hall–Kier alpha value is -2.65. The Bertz CT molecular complexity index is 890. The lowest BCUT2D eigenvalue weighted by molar-refractivity contribution is 0.0242. The van der Waals surface area contributed by atoms with Crippen molar-refractivity contribution in [2.24, 2.45) is 5.92 Å². The van der Waals surface area contributed by atoms with Gasteiger partial charge >= 0.3 is 0 Å². The molecule has 1 aromatic heterocycles. The van der Waals surface area contributed by atoms with Crippen LogP contribution in [0.1, 0.15) is 23.3 Å². The first-order valence-electron chi connectivity index (χ1n) is 11.1. The maximum Gasteiger partial charge on any atom is 0.276 e. The third-order valence-electron chi connectivity index (χ3n) is 6.24. The molecule has 0 saturated carbocycles. The van der Waals surface area contributed by atoms with Gasteiger partial charge in [-0.25, -0.2) is 4.68 Å². The number of benzene rings is 1. The third-order valence-corrected chi connectivity index (χ3v) is 6.24. The Balaban J connectivity index is 1.11. The lowest BCUT2D eigenvalue weighted by atomic mass is 9.96. The van der Waals surface area contributed by atoms with Crippen molar-refractivity contribution in [1.82, 2.24) is 24.8 Å². The van der Waals surface area contributed by atoms with Crippen LogP contribution < -0.4 is 9.47 Å². The van der Waals surface area contributed by atoms with Crippen LogP contribution >= 0.6 is 0 Å². The number of fused-ring (bicyclic) bond motifs is 1. The molecule has 0 radical (unpaired) electrons. The van der Waals surface area contributed by atoms with E-state index in [0.717, 1.165) is 70.3 Å². The fourth-order valence-corrected chi connectivity index (χ4v) is 4.48. The second-order valence-corrected chi connectivity index (χ2v) is 8.47. The summed E-state index contributed by atoms with van der Waals surface area (Å²) in [5, 5.41) is 8.26. The summed E-state index contributed by atoms with van der Waals surface area (Å²) >= 11 is 0. The van der Waals surface area contributed by atoms with E-state index in [1.165, 1.54) is 0 Å². The molecule has 2 aromatic rings. The summed E-state index contributed by atoms with van der Waals surface area (Å²) in [6.07, 6.45) is 3.61. The van der Waals surface area contributed by atoms with Crippen LogP contribution in [0, 0.1) is 5.92 Å². The third kappa shape index (κ3) is 4.83. The summed E-state index contributed by atoms with van der Waals surface area (Å²) in [5.41, 5.74) is 0.392. The molecule has 1 aromatic carbocycles. The van der Waals surface area contributed by atoms with Crippen LogP contribution in [0.4, 0.5) is 0 Å². The number of ether oxygens (including phenoxy) is 3. The molecule has 9 heteroatoms. The molecule has 0 bridgehead atoms. The van der Waals surface area contributed by atoms with E-state index in [0.29, 0.717) is 24.8 Å². The fourth-order valence-electron chi connectivity index (χ4n) is 4.48. The van der Waals surface area contributed by atoms with E-state index in [-0.39, 0.29) is 12.0 Å². The van der Waals surface area contributed by atoms with Crippen LogP contribution in [0.2, 0.25) is 0 Å². The highest BCUT2D eigenvalue weighted by Crippen LogP contribution is 2.31. The lowest BCUT2D eigenvalue weighted by Gasteiger charge is -2.35. The highest BCUT2D eigenvalue weighted by Gasteiger charge is 2.27. The largest absolute Gasteiger partial charge is 0.486 e. The van der Waals surface area contributed by atoms with E-state index in [4.69, 9.17) is 14.2 Å². The Morgan fingerprint density at radius 3 is 2.61 bits per heavy atom. The molecule has 0 spiro atoms. The van der Waals surface area contributed by atoms with Crippen molar-refractivity contribution in [2.45, 2.75) is 25.5 Å². The van der Waals surface area contributed by atoms with Gasteiger partial charge in [-0.15, -0.1) is 5.10 Å². The first-order chi connectivity index (χ1) is 15.2. The summed E-state index contributed by atoms with van der Waals surface area (Å²) in [5.74, 6) is 2.09. The lowest BCUT2D eigenvalue weighted by Crippen LogP contribution is -2.44. The summed E-state index contributed by atoms with van der Waals surface area (Å²) in [6, 6.07) is 7.62. The number of carbonyl (C=O) groups is 1. The first-order valence-corrected chi connectivity index (χ1v) is 11.1. The molecule has 3 aliphatic rings. The van der Waals surface area contributed by atoms with E-state index in [9.17, 15) is 4.79 Å². The number of morpholine rings is 1. The normalized spacial score (nSPS) is 22.5. The van der Waals surface area contributed by atoms with Gasteiger partial charge in [-0.1, -0.05) is 17.3 Å². The molecule has 9 nitrogen and oxygen atoms in total. The minimum atomic E-state index is -0.171. The molecule has 31 heavy (non-hydrogen) atoms. The van der Waals surface area contributed by atoms with Crippen molar-refractivity contribution in [3.63, 3.8) is 0 Å². The number of amides is 1. The molecule has 3 aliphatic heterocycles. The van der Waals surface area contributed by atoms with Gasteiger partial charge in [0, 0.05) is 32.7 Å². The number of para-hydroxylation sites is 2. The van der Waals surface area contributed by atoms with Gasteiger partial charge in [0.1, 0.15) is 6.61 Å². The highest BCUT2D eigenvalue weighted by atomic mass is 16.6. The van der Waals surface area contributed by atoms with Gasteiger partial charge < -0.3 is 19.1 Å². The molecular weight excluding hydrogens is 398 g/mol. The maximum atomic E-state index is 12.9.